The van der Waals surface area contributed by atoms with Gasteiger partial charge in [-0.3, -0.25) is 4.79 Å². The van der Waals surface area contributed by atoms with Crippen molar-refractivity contribution in [2.24, 2.45) is 0 Å². The molecule has 6 nitrogen and oxygen atoms in total. The van der Waals surface area contributed by atoms with E-state index in [1.54, 1.807) is 24.2 Å². The molecular formula is C12H15N5OS2. The van der Waals surface area contributed by atoms with E-state index in [-0.39, 0.29) is 11.2 Å². The molecule has 0 unspecified atom stereocenters. The largest absolute Gasteiger partial charge is 0.354 e. The quantitative estimate of drug-likeness (QED) is 0.597. The van der Waals surface area contributed by atoms with Crippen molar-refractivity contribution in [3.05, 3.63) is 30.6 Å². The van der Waals surface area contributed by atoms with Crippen molar-refractivity contribution in [1.29, 1.82) is 0 Å². The van der Waals surface area contributed by atoms with Gasteiger partial charge < -0.3 is 5.32 Å². The second-order valence-electron chi connectivity index (χ2n) is 3.88. The van der Waals surface area contributed by atoms with Gasteiger partial charge in [-0.15, -0.1) is 16.9 Å². The van der Waals surface area contributed by atoms with E-state index in [0.29, 0.717) is 6.54 Å². The number of pyridine rings is 1. The van der Waals surface area contributed by atoms with Gasteiger partial charge >= 0.3 is 0 Å². The van der Waals surface area contributed by atoms with Gasteiger partial charge in [0.05, 0.1) is 16.5 Å². The molecule has 2 N–H and O–H groups in total. The Kier molecular flexibility index (Phi) is 5.87. The minimum absolute atomic E-state index is 0.0152. The monoisotopic (exact) mass is 309 g/mol. The normalized spacial score (nSPS) is 12.1. The first kappa shape index (κ1) is 14.9. The SMILES string of the molecule is C[C@@H](Sc1ccccn1)C(=O)NCCSc1cn[nH]n1. The first-order valence-corrected chi connectivity index (χ1v) is 7.96. The van der Waals surface area contributed by atoms with Crippen LogP contribution in [0.4, 0.5) is 0 Å². The van der Waals surface area contributed by atoms with E-state index in [4.69, 9.17) is 0 Å². The van der Waals surface area contributed by atoms with Crippen LogP contribution in [0.1, 0.15) is 6.92 Å². The summed E-state index contributed by atoms with van der Waals surface area (Å²) in [6, 6.07) is 5.67. The molecular weight excluding hydrogens is 294 g/mol. The number of H-pyrrole nitrogens is 1. The van der Waals surface area contributed by atoms with Crippen LogP contribution < -0.4 is 5.32 Å². The fourth-order valence-electron chi connectivity index (χ4n) is 1.39. The fraction of sp³-hybridized carbons (Fsp3) is 0.333. The molecule has 0 radical (unpaired) electrons. The first-order chi connectivity index (χ1) is 9.75. The zero-order chi connectivity index (χ0) is 14.2. The molecule has 0 aliphatic carbocycles. The maximum atomic E-state index is 11.9. The maximum Gasteiger partial charge on any atom is 0.233 e. The number of thioether (sulfide) groups is 2. The average Bonchev–Trinajstić information content (AvgIpc) is 2.97. The second kappa shape index (κ2) is 7.91. The molecule has 1 amide bonds. The van der Waals surface area contributed by atoms with E-state index in [1.165, 1.54) is 11.8 Å². The molecule has 0 saturated carbocycles. The molecule has 2 aromatic heterocycles. The van der Waals surface area contributed by atoms with Crippen LogP contribution in [0.3, 0.4) is 0 Å². The minimum Gasteiger partial charge on any atom is -0.354 e. The van der Waals surface area contributed by atoms with E-state index in [9.17, 15) is 4.79 Å². The number of hydrogen-bond acceptors (Lipinski definition) is 6. The lowest BCUT2D eigenvalue weighted by Gasteiger charge is -2.10. The summed E-state index contributed by atoms with van der Waals surface area (Å²) in [5, 5.41) is 14.6. The van der Waals surface area contributed by atoms with Gasteiger partial charge in [-0.25, -0.2) is 4.98 Å². The summed E-state index contributed by atoms with van der Waals surface area (Å²) in [4.78, 5) is 16.1. The third kappa shape index (κ3) is 4.86. The summed E-state index contributed by atoms with van der Waals surface area (Å²) in [7, 11) is 0. The van der Waals surface area contributed by atoms with Crippen molar-refractivity contribution >= 4 is 29.4 Å². The Bertz CT molecular complexity index is 520. The summed E-state index contributed by atoms with van der Waals surface area (Å²) in [5.41, 5.74) is 0. The van der Waals surface area contributed by atoms with Crippen LogP contribution in [0.25, 0.3) is 0 Å². The summed E-state index contributed by atoms with van der Waals surface area (Å²) in [5.74, 6) is 0.778. The molecule has 2 rings (SSSR count). The molecule has 8 heteroatoms. The average molecular weight is 309 g/mol. The Labute approximate surface area is 125 Å². The van der Waals surface area contributed by atoms with Crippen LogP contribution in [0, 0.1) is 0 Å². The summed E-state index contributed by atoms with van der Waals surface area (Å²) in [6.45, 7) is 2.48. The smallest absolute Gasteiger partial charge is 0.233 e. The summed E-state index contributed by atoms with van der Waals surface area (Å²) in [6.07, 6.45) is 3.38. The molecule has 0 aromatic carbocycles. The topological polar surface area (TPSA) is 83.6 Å². The van der Waals surface area contributed by atoms with E-state index in [0.717, 1.165) is 15.8 Å². The number of hydrogen-bond donors (Lipinski definition) is 2. The van der Waals surface area contributed by atoms with Crippen LogP contribution in [0.5, 0.6) is 0 Å². The Morgan fingerprint density at radius 2 is 2.35 bits per heavy atom. The van der Waals surface area contributed by atoms with Gasteiger partial charge in [-0.05, 0) is 19.1 Å². The number of nitrogens with one attached hydrogen (secondary N) is 2. The molecule has 0 aliphatic rings. The van der Waals surface area contributed by atoms with Crippen LogP contribution in [-0.4, -0.2) is 43.8 Å². The van der Waals surface area contributed by atoms with E-state index < -0.39 is 0 Å². The molecule has 0 aliphatic heterocycles. The van der Waals surface area contributed by atoms with Gasteiger partial charge in [0.1, 0.15) is 5.03 Å². The van der Waals surface area contributed by atoms with Crippen molar-refractivity contribution in [2.45, 2.75) is 22.2 Å². The van der Waals surface area contributed by atoms with Crippen LogP contribution in [0.15, 0.2) is 40.6 Å². The zero-order valence-corrected chi connectivity index (χ0v) is 12.6. The van der Waals surface area contributed by atoms with Crippen LogP contribution in [-0.2, 0) is 4.79 Å². The van der Waals surface area contributed by atoms with E-state index in [2.05, 4.69) is 25.7 Å². The standard InChI is InChI=1S/C12H15N5OS2/c1-9(20-10-4-2-3-5-13-10)12(18)14-6-7-19-11-8-15-17-16-11/h2-5,8-9H,6-7H2,1H3,(H,14,18)(H,15,16,17)/t9-/m1/s1. The highest BCUT2D eigenvalue weighted by Gasteiger charge is 2.14. The zero-order valence-electron chi connectivity index (χ0n) is 10.9. The number of aromatic amines is 1. The molecule has 0 fully saturated rings. The van der Waals surface area contributed by atoms with Gasteiger partial charge in [0.15, 0.2) is 0 Å². The third-order valence-corrected chi connectivity index (χ3v) is 4.30. The number of amides is 1. The summed E-state index contributed by atoms with van der Waals surface area (Å²) < 4.78 is 0. The molecule has 106 valence electrons. The van der Waals surface area contributed by atoms with Gasteiger partial charge in [0.25, 0.3) is 0 Å². The van der Waals surface area contributed by atoms with Gasteiger partial charge in [-0.1, -0.05) is 17.8 Å². The highest BCUT2D eigenvalue weighted by atomic mass is 32.2. The van der Waals surface area contributed by atoms with Crippen molar-refractivity contribution in [2.75, 3.05) is 12.3 Å². The Hall–Kier alpha value is -1.54. The molecule has 0 bridgehead atoms. The summed E-state index contributed by atoms with van der Waals surface area (Å²) >= 11 is 3.00. The predicted molar refractivity (Wildman–Crippen MR) is 79.7 cm³/mol. The number of carbonyl (C=O) groups excluding carboxylic acids is 1. The van der Waals surface area contributed by atoms with Gasteiger partial charge in [-0.2, -0.15) is 10.3 Å². The Balaban J connectivity index is 1.66. The van der Waals surface area contributed by atoms with Crippen molar-refractivity contribution in [3.8, 4) is 0 Å². The first-order valence-electron chi connectivity index (χ1n) is 6.09. The molecule has 2 aromatic rings. The highest BCUT2D eigenvalue weighted by Crippen LogP contribution is 2.20. The van der Waals surface area contributed by atoms with Crippen molar-refractivity contribution < 1.29 is 4.79 Å². The number of rotatable bonds is 7. The van der Waals surface area contributed by atoms with Crippen molar-refractivity contribution in [1.82, 2.24) is 25.7 Å². The fourth-order valence-corrected chi connectivity index (χ4v) is 2.86. The number of aromatic nitrogens is 4. The second-order valence-corrected chi connectivity index (χ2v) is 6.35. The lowest BCUT2D eigenvalue weighted by atomic mass is 10.4. The molecule has 2 heterocycles. The predicted octanol–water partition coefficient (Wildman–Crippen LogP) is 1.59. The van der Waals surface area contributed by atoms with Gasteiger partial charge in [0, 0.05) is 18.5 Å². The van der Waals surface area contributed by atoms with E-state index in [1.807, 2.05) is 25.1 Å². The Morgan fingerprint density at radius 3 is 3.05 bits per heavy atom. The molecule has 1 atom stereocenters. The minimum atomic E-state index is -0.165. The van der Waals surface area contributed by atoms with Crippen molar-refractivity contribution in [3.63, 3.8) is 0 Å². The maximum absolute atomic E-state index is 11.9. The third-order valence-electron chi connectivity index (χ3n) is 2.35. The molecule has 0 spiro atoms. The van der Waals surface area contributed by atoms with E-state index >= 15 is 0 Å². The lowest BCUT2D eigenvalue weighted by Crippen LogP contribution is -2.32. The number of nitrogens with zero attached hydrogens (tertiary/aromatic N) is 3. The molecule has 0 saturated heterocycles. The highest BCUT2D eigenvalue weighted by molar-refractivity contribution is 8.00. The number of carbonyl (C=O) groups is 1. The molecule has 20 heavy (non-hydrogen) atoms. The lowest BCUT2D eigenvalue weighted by molar-refractivity contribution is -0.120. The Morgan fingerprint density at radius 1 is 1.45 bits per heavy atom. The van der Waals surface area contributed by atoms with Crippen LogP contribution >= 0.6 is 23.5 Å². The van der Waals surface area contributed by atoms with Crippen LogP contribution in [0.2, 0.25) is 0 Å². The van der Waals surface area contributed by atoms with Gasteiger partial charge in [0.2, 0.25) is 5.91 Å².